The Labute approximate surface area is 140 Å². The Morgan fingerprint density at radius 2 is 1.62 bits per heavy atom. The van der Waals surface area contributed by atoms with Crippen LogP contribution >= 0.6 is 0 Å². The Bertz CT molecular complexity index is 1000. The second-order valence-corrected chi connectivity index (χ2v) is 7.44. The summed E-state index contributed by atoms with van der Waals surface area (Å²) in [6.45, 7) is 2.34. The van der Waals surface area contributed by atoms with E-state index in [2.05, 4.69) is 21.6 Å². The zero-order valence-corrected chi connectivity index (χ0v) is 14.1. The van der Waals surface area contributed by atoms with E-state index in [1.807, 2.05) is 24.3 Å². The number of aryl methyl sites for hydroxylation is 1. The molecule has 3 aromatic rings. The molecule has 0 amide bonds. The predicted molar refractivity (Wildman–Crippen MR) is 93.4 cm³/mol. The van der Waals surface area contributed by atoms with Crippen molar-refractivity contribution in [1.82, 2.24) is 14.7 Å². The maximum atomic E-state index is 12.4. The number of imidazole rings is 1. The highest BCUT2D eigenvalue weighted by molar-refractivity contribution is 7.89. The van der Waals surface area contributed by atoms with Gasteiger partial charge in [0.15, 0.2) is 0 Å². The number of hydrogen-bond acceptors (Lipinski definition) is 3. The summed E-state index contributed by atoms with van der Waals surface area (Å²) in [4.78, 5) is 16.5. The van der Waals surface area contributed by atoms with Crippen molar-refractivity contribution in [3.8, 4) is 0 Å². The van der Waals surface area contributed by atoms with Gasteiger partial charge in [0.2, 0.25) is 10.0 Å². The normalized spacial score (nSPS) is 11.9. The highest BCUT2D eigenvalue weighted by Gasteiger charge is 2.15. The number of fused-ring (bicyclic) bond motifs is 1. The van der Waals surface area contributed by atoms with Gasteiger partial charge in [0.05, 0.1) is 15.9 Å². The summed E-state index contributed by atoms with van der Waals surface area (Å²) in [6.07, 6.45) is 2.09. The third kappa shape index (κ3) is 3.58. The largest absolute Gasteiger partial charge is 0.323 e. The van der Waals surface area contributed by atoms with Crippen LogP contribution in [-0.4, -0.2) is 18.4 Å². The SMILES string of the molecule is CCCc1ccc(CNS(=O)(=O)c2ccc3[nH]c(=O)[nH]c3c2)cc1. The summed E-state index contributed by atoms with van der Waals surface area (Å²) in [6, 6.07) is 12.4. The van der Waals surface area contributed by atoms with Gasteiger partial charge in [-0.25, -0.2) is 17.9 Å². The van der Waals surface area contributed by atoms with Crippen LogP contribution in [0.1, 0.15) is 24.5 Å². The molecular weight excluding hydrogens is 326 g/mol. The van der Waals surface area contributed by atoms with Crippen molar-refractivity contribution in [2.75, 3.05) is 0 Å². The fraction of sp³-hybridized carbons (Fsp3) is 0.235. The molecule has 0 saturated heterocycles. The molecule has 0 atom stereocenters. The second-order valence-electron chi connectivity index (χ2n) is 5.68. The lowest BCUT2D eigenvalue weighted by Crippen LogP contribution is -2.23. The molecule has 0 aliphatic rings. The van der Waals surface area contributed by atoms with Crippen molar-refractivity contribution >= 4 is 21.1 Å². The van der Waals surface area contributed by atoms with Gasteiger partial charge in [-0.05, 0) is 35.7 Å². The Balaban J connectivity index is 1.75. The van der Waals surface area contributed by atoms with Crippen molar-refractivity contribution in [3.05, 3.63) is 64.1 Å². The van der Waals surface area contributed by atoms with Crippen LogP contribution in [0.3, 0.4) is 0 Å². The van der Waals surface area contributed by atoms with Gasteiger partial charge in [0, 0.05) is 6.54 Å². The highest BCUT2D eigenvalue weighted by atomic mass is 32.2. The molecule has 6 nitrogen and oxygen atoms in total. The van der Waals surface area contributed by atoms with Crippen LogP contribution in [0.5, 0.6) is 0 Å². The van der Waals surface area contributed by atoms with E-state index >= 15 is 0 Å². The lowest BCUT2D eigenvalue weighted by atomic mass is 10.1. The average molecular weight is 345 g/mol. The first kappa shape index (κ1) is 16.5. The average Bonchev–Trinajstić information content (AvgIpc) is 2.94. The van der Waals surface area contributed by atoms with Gasteiger partial charge in [-0.15, -0.1) is 0 Å². The van der Waals surface area contributed by atoms with E-state index < -0.39 is 10.0 Å². The predicted octanol–water partition coefficient (Wildman–Crippen LogP) is 2.29. The van der Waals surface area contributed by atoms with Crippen molar-refractivity contribution < 1.29 is 8.42 Å². The van der Waals surface area contributed by atoms with Gasteiger partial charge in [-0.2, -0.15) is 0 Å². The standard InChI is InChI=1S/C17H19N3O3S/c1-2-3-12-4-6-13(7-5-12)11-18-24(22,23)14-8-9-15-16(10-14)20-17(21)19-15/h4-10,18H,2-3,11H2,1H3,(H2,19,20,21). The minimum absolute atomic E-state index is 0.118. The molecule has 1 aromatic heterocycles. The summed E-state index contributed by atoms with van der Waals surface area (Å²) < 4.78 is 27.4. The number of rotatable bonds is 6. The summed E-state index contributed by atoms with van der Waals surface area (Å²) >= 11 is 0. The van der Waals surface area contributed by atoms with Crippen molar-refractivity contribution in [1.29, 1.82) is 0 Å². The number of aromatic amines is 2. The molecule has 24 heavy (non-hydrogen) atoms. The molecule has 0 aliphatic carbocycles. The maximum Gasteiger partial charge on any atom is 0.323 e. The minimum Gasteiger partial charge on any atom is -0.306 e. The van der Waals surface area contributed by atoms with Gasteiger partial charge in [-0.3, -0.25) is 0 Å². The van der Waals surface area contributed by atoms with E-state index in [1.165, 1.54) is 17.7 Å². The van der Waals surface area contributed by atoms with Gasteiger partial charge in [0.25, 0.3) is 0 Å². The van der Waals surface area contributed by atoms with E-state index in [0.29, 0.717) is 11.0 Å². The molecule has 0 spiro atoms. The van der Waals surface area contributed by atoms with E-state index in [1.54, 1.807) is 6.07 Å². The Morgan fingerprint density at radius 1 is 0.958 bits per heavy atom. The number of H-pyrrole nitrogens is 2. The third-order valence-electron chi connectivity index (χ3n) is 3.83. The Hall–Kier alpha value is -2.38. The summed E-state index contributed by atoms with van der Waals surface area (Å²) in [5, 5.41) is 0. The summed E-state index contributed by atoms with van der Waals surface area (Å²) in [5.74, 6) is 0. The molecule has 126 valence electrons. The first-order valence-electron chi connectivity index (χ1n) is 7.77. The van der Waals surface area contributed by atoms with Crippen LogP contribution in [0, 0.1) is 0 Å². The maximum absolute atomic E-state index is 12.4. The van der Waals surface area contributed by atoms with Gasteiger partial charge < -0.3 is 9.97 Å². The van der Waals surface area contributed by atoms with Crippen molar-refractivity contribution in [2.45, 2.75) is 31.2 Å². The van der Waals surface area contributed by atoms with Crippen LogP contribution in [0.4, 0.5) is 0 Å². The molecule has 0 saturated carbocycles. The van der Waals surface area contributed by atoms with Crippen LogP contribution in [0.25, 0.3) is 11.0 Å². The van der Waals surface area contributed by atoms with Gasteiger partial charge in [0.1, 0.15) is 0 Å². The topological polar surface area (TPSA) is 94.8 Å². The van der Waals surface area contributed by atoms with Gasteiger partial charge >= 0.3 is 5.69 Å². The van der Waals surface area contributed by atoms with Crippen LogP contribution in [0.15, 0.2) is 52.2 Å². The molecule has 3 N–H and O–H groups in total. The van der Waals surface area contributed by atoms with E-state index in [9.17, 15) is 13.2 Å². The zero-order chi connectivity index (χ0) is 17.2. The molecule has 0 radical (unpaired) electrons. The van der Waals surface area contributed by atoms with Crippen LogP contribution < -0.4 is 10.4 Å². The minimum atomic E-state index is -3.65. The molecular formula is C17H19N3O3S. The van der Waals surface area contributed by atoms with E-state index in [4.69, 9.17) is 0 Å². The second kappa shape index (κ2) is 6.62. The summed E-state index contributed by atoms with van der Waals surface area (Å²) in [7, 11) is -3.65. The molecule has 2 aromatic carbocycles. The van der Waals surface area contributed by atoms with E-state index in [-0.39, 0.29) is 17.1 Å². The zero-order valence-electron chi connectivity index (χ0n) is 13.3. The van der Waals surface area contributed by atoms with Gasteiger partial charge in [-0.1, -0.05) is 37.6 Å². The Morgan fingerprint density at radius 3 is 2.33 bits per heavy atom. The van der Waals surface area contributed by atoms with E-state index in [0.717, 1.165) is 18.4 Å². The van der Waals surface area contributed by atoms with Crippen LogP contribution in [-0.2, 0) is 23.0 Å². The smallest absolute Gasteiger partial charge is 0.306 e. The van der Waals surface area contributed by atoms with Crippen molar-refractivity contribution in [3.63, 3.8) is 0 Å². The van der Waals surface area contributed by atoms with Crippen molar-refractivity contribution in [2.24, 2.45) is 0 Å². The lowest BCUT2D eigenvalue weighted by Gasteiger charge is -2.08. The highest BCUT2D eigenvalue weighted by Crippen LogP contribution is 2.15. The molecule has 3 rings (SSSR count). The molecule has 0 aliphatic heterocycles. The van der Waals surface area contributed by atoms with Crippen LogP contribution in [0.2, 0.25) is 0 Å². The number of sulfonamides is 1. The fourth-order valence-corrected chi connectivity index (χ4v) is 3.60. The first-order valence-corrected chi connectivity index (χ1v) is 9.26. The number of nitrogens with one attached hydrogen (secondary N) is 3. The number of aromatic nitrogens is 2. The summed E-state index contributed by atoms with van der Waals surface area (Å²) in [5.41, 5.74) is 2.82. The number of hydrogen-bond donors (Lipinski definition) is 3. The third-order valence-corrected chi connectivity index (χ3v) is 5.22. The molecule has 7 heteroatoms. The Kier molecular flexibility index (Phi) is 4.55. The molecule has 0 bridgehead atoms. The fourth-order valence-electron chi connectivity index (χ4n) is 2.55. The monoisotopic (exact) mass is 345 g/mol. The quantitative estimate of drug-likeness (QED) is 0.640. The number of benzene rings is 2. The molecule has 0 unspecified atom stereocenters. The molecule has 1 heterocycles. The molecule has 0 fully saturated rings. The first-order chi connectivity index (χ1) is 11.5. The lowest BCUT2D eigenvalue weighted by molar-refractivity contribution is 0.581.